The van der Waals surface area contributed by atoms with Crippen LogP contribution in [0.1, 0.15) is 19.5 Å². The van der Waals surface area contributed by atoms with Crippen LogP contribution in [0.3, 0.4) is 0 Å². The first kappa shape index (κ1) is 12.1. The van der Waals surface area contributed by atoms with Crippen LogP contribution in [0, 0.1) is 6.92 Å². The van der Waals surface area contributed by atoms with Crippen molar-refractivity contribution in [3.8, 4) is 0 Å². The number of hydrogen-bond donors (Lipinski definition) is 1. The number of thiazole rings is 1. The Morgan fingerprint density at radius 3 is 2.40 bits per heavy atom. The van der Waals surface area contributed by atoms with Crippen molar-refractivity contribution < 1.29 is 18.3 Å². The zero-order valence-corrected chi connectivity index (χ0v) is 10.1. The molecule has 1 aromatic rings. The summed E-state index contributed by atoms with van der Waals surface area (Å²) in [5.74, 6) is -1.38. The van der Waals surface area contributed by atoms with E-state index in [1.165, 1.54) is 0 Å². The van der Waals surface area contributed by atoms with Gasteiger partial charge in [0.05, 0.1) is 0 Å². The number of aromatic nitrogens is 1. The highest BCUT2D eigenvalue weighted by molar-refractivity contribution is 7.95. The SMILES string of the molecule is Cc1csc(S(=O)(=O)C(C)(C)C(=O)O)n1. The molecule has 0 aliphatic rings. The number of nitrogens with zero attached hydrogens (tertiary/aromatic N) is 1. The second kappa shape index (κ2) is 3.57. The summed E-state index contributed by atoms with van der Waals surface area (Å²) < 4.78 is 21.8. The number of rotatable bonds is 3. The third-order valence-corrected chi connectivity index (χ3v) is 5.78. The average Bonchev–Trinajstić information content (AvgIpc) is 2.51. The fourth-order valence-corrected chi connectivity index (χ4v) is 3.52. The van der Waals surface area contributed by atoms with Crippen LogP contribution in [0.25, 0.3) is 0 Å². The van der Waals surface area contributed by atoms with Crippen molar-refractivity contribution >= 4 is 27.1 Å². The highest BCUT2D eigenvalue weighted by Gasteiger charge is 2.44. The van der Waals surface area contributed by atoms with Crippen LogP contribution >= 0.6 is 11.3 Å². The molecule has 1 rings (SSSR count). The molecule has 0 spiro atoms. The van der Waals surface area contributed by atoms with Gasteiger partial charge in [-0.1, -0.05) is 0 Å². The van der Waals surface area contributed by atoms with E-state index in [1.54, 1.807) is 12.3 Å². The maximum atomic E-state index is 11.9. The van der Waals surface area contributed by atoms with Crippen molar-refractivity contribution in [3.05, 3.63) is 11.1 Å². The predicted molar refractivity (Wildman–Crippen MR) is 55.8 cm³/mol. The van der Waals surface area contributed by atoms with Gasteiger partial charge in [-0.3, -0.25) is 4.79 Å². The second-order valence-electron chi connectivity index (χ2n) is 3.57. The topological polar surface area (TPSA) is 84.3 Å². The van der Waals surface area contributed by atoms with E-state index in [0.717, 1.165) is 25.2 Å². The summed E-state index contributed by atoms with van der Waals surface area (Å²) in [5.41, 5.74) is 0.569. The monoisotopic (exact) mass is 249 g/mol. The molecule has 0 saturated heterocycles. The molecular weight excluding hydrogens is 238 g/mol. The van der Waals surface area contributed by atoms with Crippen molar-refractivity contribution in [2.45, 2.75) is 29.9 Å². The lowest BCUT2D eigenvalue weighted by atomic mass is 10.2. The van der Waals surface area contributed by atoms with Crippen LogP contribution in [0.4, 0.5) is 0 Å². The lowest BCUT2D eigenvalue weighted by molar-refractivity contribution is -0.139. The Morgan fingerprint density at radius 2 is 2.07 bits per heavy atom. The molecule has 0 fully saturated rings. The number of carboxylic acid groups (broad SMARTS) is 1. The van der Waals surface area contributed by atoms with E-state index in [1.807, 2.05) is 0 Å². The van der Waals surface area contributed by atoms with Crippen molar-refractivity contribution in [3.63, 3.8) is 0 Å². The maximum Gasteiger partial charge on any atom is 0.324 e. The Hall–Kier alpha value is -0.950. The zero-order valence-electron chi connectivity index (χ0n) is 8.51. The van der Waals surface area contributed by atoms with Gasteiger partial charge < -0.3 is 5.11 Å². The molecule has 7 heteroatoms. The highest BCUT2D eigenvalue weighted by Crippen LogP contribution is 2.27. The number of carbonyl (C=O) groups is 1. The molecule has 84 valence electrons. The average molecular weight is 249 g/mol. The molecule has 0 atom stereocenters. The van der Waals surface area contributed by atoms with Gasteiger partial charge in [-0.15, -0.1) is 11.3 Å². The zero-order chi connectivity index (χ0) is 11.9. The van der Waals surface area contributed by atoms with E-state index in [4.69, 9.17) is 5.11 Å². The summed E-state index contributed by atoms with van der Waals surface area (Å²) in [6, 6.07) is 0. The van der Waals surface area contributed by atoms with Crippen LogP contribution in [0.15, 0.2) is 9.72 Å². The highest BCUT2D eigenvalue weighted by atomic mass is 32.2. The molecule has 1 heterocycles. The molecule has 0 aliphatic heterocycles. The van der Waals surface area contributed by atoms with Gasteiger partial charge in [0.2, 0.25) is 14.2 Å². The molecule has 0 aliphatic carbocycles. The van der Waals surface area contributed by atoms with Gasteiger partial charge in [0.15, 0.2) is 4.75 Å². The Bertz CT molecular complexity index is 486. The third kappa shape index (κ3) is 1.89. The van der Waals surface area contributed by atoms with E-state index in [-0.39, 0.29) is 4.34 Å². The van der Waals surface area contributed by atoms with Gasteiger partial charge in [-0.05, 0) is 20.8 Å². The minimum atomic E-state index is -3.91. The van der Waals surface area contributed by atoms with E-state index >= 15 is 0 Å². The summed E-state index contributed by atoms with van der Waals surface area (Å²) in [7, 11) is -3.91. The standard InChI is InChI=1S/C8H11NO4S2/c1-5-4-14-7(9-5)15(12,13)8(2,3)6(10)11/h4H,1-3H3,(H,10,11). The number of aliphatic carboxylic acids is 1. The van der Waals surface area contributed by atoms with E-state index in [0.29, 0.717) is 5.69 Å². The van der Waals surface area contributed by atoms with Gasteiger partial charge in [-0.2, -0.15) is 0 Å². The largest absolute Gasteiger partial charge is 0.480 e. The summed E-state index contributed by atoms with van der Waals surface area (Å²) in [6.07, 6.45) is 0. The summed E-state index contributed by atoms with van der Waals surface area (Å²) in [6.45, 7) is 3.96. The first-order valence-electron chi connectivity index (χ1n) is 4.10. The van der Waals surface area contributed by atoms with Crippen LogP contribution in [-0.2, 0) is 14.6 Å². The first-order chi connectivity index (χ1) is 6.69. The smallest absolute Gasteiger partial charge is 0.324 e. The van der Waals surface area contributed by atoms with Crippen LogP contribution in [0.5, 0.6) is 0 Å². The Morgan fingerprint density at radius 1 is 1.53 bits per heavy atom. The summed E-state index contributed by atoms with van der Waals surface area (Å²) in [5, 5.41) is 10.4. The van der Waals surface area contributed by atoms with Crippen LogP contribution < -0.4 is 0 Å². The first-order valence-corrected chi connectivity index (χ1v) is 6.46. The van der Waals surface area contributed by atoms with Crippen molar-refractivity contribution in [1.82, 2.24) is 4.98 Å². The van der Waals surface area contributed by atoms with Crippen LogP contribution in [0.2, 0.25) is 0 Å². The summed E-state index contributed by atoms with van der Waals surface area (Å²) >= 11 is 0.938. The van der Waals surface area contributed by atoms with Gasteiger partial charge in [0.25, 0.3) is 0 Å². The van der Waals surface area contributed by atoms with E-state index in [9.17, 15) is 13.2 Å². The molecule has 0 aromatic carbocycles. The Kier molecular flexibility index (Phi) is 2.88. The van der Waals surface area contributed by atoms with Gasteiger partial charge in [0.1, 0.15) is 0 Å². The normalized spacial score (nSPS) is 12.7. The fourth-order valence-electron chi connectivity index (χ4n) is 0.789. The Balaban J connectivity index is 3.32. The van der Waals surface area contributed by atoms with E-state index < -0.39 is 20.6 Å². The third-order valence-electron chi connectivity index (χ3n) is 2.01. The molecule has 1 aromatic heterocycles. The van der Waals surface area contributed by atoms with Crippen LogP contribution in [-0.4, -0.2) is 29.2 Å². The molecular formula is C8H11NO4S2. The van der Waals surface area contributed by atoms with Gasteiger partial charge in [0, 0.05) is 11.1 Å². The minimum absolute atomic E-state index is 0.146. The van der Waals surface area contributed by atoms with Gasteiger partial charge >= 0.3 is 5.97 Å². The lowest BCUT2D eigenvalue weighted by Gasteiger charge is -2.17. The number of carboxylic acids is 1. The predicted octanol–water partition coefficient (Wildman–Crippen LogP) is 1.09. The maximum absolute atomic E-state index is 11.9. The molecule has 1 N–H and O–H groups in total. The lowest BCUT2D eigenvalue weighted by Crippen LogP contribution is -2.40. The van der Waals surface area contributed by atoms with E-state index in [2.05, 4.69) is 4.98 Å². The molecule has 0 saturated carbocycles. The molecule has 5 nitrogen and oxygen atoms in total. The number of sulfone groups is 1. The fraction of sp³-hybridized carbons (Fsp3) is 0.500. The number of hydrogen-bond acceptors (Lipinski definition) is 5. The molecule has 0 amide bonds. The van der Waals surface area contributed by atoms with Crippen molar-refractivity contribution in [1.29, 1.82) is 0 Å². The van der Waals surface area contributed by atoms with Gasteiger partial charge in [-0.25, -0.2) is 13.4 Å². The molecule has 0 radical (unpaired) electrons. The molecule has 0 bridgehead atoms. The quantitative estimate of drug-likeness (QED) is 0.866. The van der Waals surface area contributed by atoms with Crippen molar-refractivity contribution in [2.75, 3.05) is 0 Å². The molecule has 0 unspecified atom stereocenters. The number of aryl methyl sites for hydroxylation is 1. The summed E-state index contributed by atoms with van der Waals surface area (Å²) in [4.78, 5) is 14.6. The minimum Gasteiger partial charge on any atom is -0.480 e. The molecule has 15 heavy (non-hydrogen) atoms. The Labute approximate surface area is 91.7 Å². The van der Waals surface area contributed by atoms with Crippen molar-refractivity contribution in [2.24, 2.45) is 0 Å². The second-order valence-corrected chi connectivity index (χ2v) is 7.10.